The Morgan fingerprint density at radius 1 is 0.641 bits per heavy atom. The summed E-state index contributed by atoms with van der Waals surface area (Å²) in [5.41, 5.74) is -0.198. The average molecular weight is 603 g/mol. The molecule has 39 heavy (non-hydrogen) atoms. The van der Waals surface area contributed by atoms with Crippen LogP contribution in [0.2, 0.25) is 57.9 Å². The van der Waals surface area contributed by atoms with E-state index in [0.29, 0.717) is 0 Å². The molecule has 0 aliphatic heterocycles. The van der Waals surface area contributed by atoms with Gasteiger partial charge in [-0.1, -0.05) is 94.2 Å². The first-order chi connectivity index (χ1) is 17.5. The first-order valence-electron chi connectivity index (χ1n) is 14.8. The predicted molar refractivity (Wildman–Crippen MR) is 182 cm³/mol. The molecule has 2 atom stereocenters. The second-order valence-corrected chi connectivity index (χ2v) is 33.3. The minimum Gasteiger partial charge on any atom is -0.415 e. The predicted octanol–water partition coefficient (Wildman–Crippen LogP) is 8.37. The first-order valence-corrected chi connectivity index (χ1v) is 26.6. The molecule has 0 fully saturated rings. The van der Waals surface area contributed by atoms with Gasteiger partial charge < -0.3 is 13.3 Å². The smallest absolute Gasteiger partial charge is 0.286 e. The molecule has 0 amide bonds. The Hall–Kier alpha value is -0.812. The van der Waals surface area contributed by atoms with Crippen molar-refractivity contribution < 1.29 is 13.3 Å². The van der Waals surface area contributed by atoms with E-state index in [9.17, 15) is 0 Å². The fourth-order valence-electron chi connectivity index (χ4n) is 6.03. The highest BCUT2D eigenvalue weighted by molar-refractivity contribution is 7.00. The monoisotopic (exact) mass is 602 g/mol. The summed E-state index contributed by atoms with van der Waals surface area (Å²) < 4.78 is 22.2. The second-order valence-electron chi connectivity index (χ2n) is 15.1. The lowest BCUT2D eigenvalue weighted by molar-refractivity contribution is 0.0499. The molecule has 0 aliphatic rings. The Labute approximate surface area is 245 Å². The molecule has 0 aliphatic carbocycles. The molecular weight excluding hydrogens is 545 g/mol. The van der Waals surface area contributed by atoms with Crippen molar-refractivity contribution in [2.75, 3.05) is 0 Å². The Morgan fingerprint density at radius 2 is 1.05 bits per heavy atom. The fourth-order valence-corrected chi connectivity index (χ4v) is 20.0. The lowest BCUT2D eigenvalue weighted by Crippen LogP contribution is -2.77. The molecule has 0 heterocycles. The third-order valence-corrected chi connectivity index (χ3v) is 22.9. The minimum atomic E-state index is -2.98. The van der Waals surface area contributed by atoms with Crippen LogP contribution >= 0.6 is 0 Å². The minimum absolute atomic E-state index is 0.0688. The summed E-state index contributed by atoms with van der Waals surface area (Å²) in [6, 6.07) is 21.8. The van der Waals surface area contributed by atoms with Gasteiger partial charge in [0.15, 0.2) is 16.6 Å². The van der Waals surface area contributed by atoms with Crippen LogP contribution in [-0.4, -0.2) is 49.1 Å². The van der Waals surface area contributed by atoms with Gasteiger partial charge in [-0.3, -0.25) is 0 Å². The van der Waals surface area contributed by atoms with Gasteiger partial charge in [0.2, 0.25) is 0 Å². The average Bonchev–Trinajstić information content (AvgIpc) is 2.80. The van der Waals surface area contributed by atoms with Crippen LogP contribution in [0.3, 0.4) is 0 Å². The normalized spacial score (nSPS) is 16.6. The zero-order valence-corrected chi connectivity index (χ0v) is 31.8. The Balaban J connectivity index is 2.76. The number of benzene rings is 2. The summed E-state index contributed by atoms with van der Waals surface area (Å²) in [5.74, 6) is 0. The molecule has 3 nitrogen and oxygen atoms in total. The van der Waals surface area contributed by atoms with Crippen molar-refractivity contribution in [3.63, 3.8) is 0 Å². The molecule has 0 saturated carbocycles. The molecular formula is C32H58O3Si4. The molecule has 2 aromatic carbocycles. The van der Waals surface area contributed by atoms with Gasteiger partial charge in [0, 0.05) is 10.8 Å². The van der Waals surface area contributed by atoms with Gasteiger partial charge in [0.1, 0.15) is 0 Å². The van der Waals surface area contributed by atoms with E-state index in [1.165, 1.54) is 10.4 Å². The van der Waals surface area contributed by atoms with Gasteiger partial charge in [-0.15, -0.1) is 0 Å². The number of hydrogen-bond donors (Lipinski definition) is 0. The largest absolute Gasteiger partial charge is 0.415 e. The molecule has 220 valence electrons. The molecule has 0 radical (unpaired) electrons. The van der Waals surface area contributed by atoms with E-state index < -0.39 is 43.9 Å². The summed E-state index contributed by atoms with van der Waals surface area (Å²) in [4.78, 5) is 0. The molecule has 0 spiro atoms. The van der Waals surface area contributed by atoms with Crippen LogP contribution in [0.4, 0.5) is 0 Å². The van der Waals surface area contributed by atoms with E-state index in [-0.39, 0.29) is 10.8 Å². The third kappa shape index (κ3) is 7.53. The summed E-state index contributed by atoms with van der Waals surface area (Å²) in [6.07, 6.45) is 1.04. The van der Waals surface area contributed by atoms with Crippen molar-refractivity contribution in [3.8, 4) is 0 Å². The van der Waals surface area contributed by atoms with Gasteiger partial charge in [-0.05, 0) is 84.1 Å². The quantitative estimate of drug-likeness (QED) is 0.216. The zero-order chi connectivity index (χ0) is 30.1. The highest BCUT2D eigenvalue weighted by Crippen LogP contribution is 2.44. The summed E-state index contributed by atoms with van der Waals surface area (Å²) in [6.45, 7) is 35.1. The van der Waals surface area contributed by atoms with Gasteiger partial charge >= 0.3 is 0 Å². The van der Waals surface area contributed by atoms with Crippen LogP contribution < -0.4 is 10.4 Å². The molecule has 0 N–H and O–H groups in total. The lowest BCUT2D eigenvalue weighted by atomic mass is 10.1. The molecule has 7 heteroatoms. The van der Waals surface area contributed by atoms with E-state index in [4.69, 9.17) is 13.3 Å². The summed E-state index contributed by atoms with van der Waals surface area (Å²) >= 11 is 0. The molecule has 2 rings (SSSR count). The highest BCUT2D eigenvalue weighted by atomic mass is 28.4. The maximum absolute atomic E-state index is 7.79. The lowest BCUT2D eigenvalue weighted by Gasteiger charge is -2.54. The van der Waals surface area contributed by atoms with Crippen LogP contribution in [0.5, 0.6) is 0 Å². The van der Waals surface area contributed by atoms with Crippen molar-refractivity contribution in [1.82, 2.24) is 0 Å². The molecule has 2 aromatic rings. The van der Waals surface area contributed by atoms with Gasteiger partial charge in [0.05, 0.1) is 18.9 Å². The fraction of sp³-hybridized carbons (Fsp3) is 0.625. The summed E-state index contributed by atoms with van der Waals surface area (Å²) in [5, 5.41) is 1.93. The number of rotatable bonds is 13. The summed E-state index contributed by atoms with van der Waals surface area (Å²) in [7, 11) is -8.69. The van der Waals surface area contributed by atoms with Crippen LogP contribution in [0.1, 0.15) is 54.9 Å². The van der Waals surface area contributed by atoms with Gasteiger partial charge in [-0.25, -0.2) is 0 Å². The van der Waals surface area contributed by atoms with Gasteiger partial charge in [0.25, 0.3) is 8.32 Å². The second kappa shape index (κ2) is 11.8. The SMILES string of the molecule is CCC(C)(O[Si](C)(C)C(C)C(C)(C)O[Si](c1ccccc1)(c1ccccc1)C(C)(C)O[Si](C)(C)C)[Si](C)(C)C. The van der Waals surface area contributed by atoms with Crippen LogP contribution in [-0.2, 0) is 13.3 Å². The van der Waals surface area contributed by atoms with Crippen molar-refractivity contribution in [1.29, 1.82) is 0 Å². The Bertz CT molecular complexity index is 1020. The van der Waals surface area contributed by atoms with E-state index >= 15 is 0 Å². The van der Waals surface area contributed by atoms with Crippen molar-refractivity contribution >= 4 is 43.4 Å². The van der Waals surface area contributed by atoms with Crippen molar-refractivity contribution in [3.05, 3.63) is 60.7 Å². The van der Waals surface area contributed by atoms with Crippen LogP contribution in [0.25, 0.3) is 0 Å². The van der Waals surface area contributed by atoms with Crippen LogP contribution in [0.15, 0.2) is 60.7 Å². The first kappa shape index (κ1) is 34.4. The maximum atomic E-state index is 7.79. The van der Waals surface area contributed by atoms with E-state index in [1.54, 1.807) is 0 Å². The van der Waals surface area contributed by atoms with E-state index in [0.717, 1.165) is 6.42 Å². The van der Waals surface area contributed by atoms with Crippen molar-refractivity contribution in [2.24, 2.45) is 0 Å². The van der Waals surface area contributed by atoms with Gasteiger partial charge in [-0.2, -0.15) is 0 Å². The van der Waals surface area contributed by atoms with E-state index in [1.807, 2.05) is 0 Å². The topological polar surface area (TPSA) is 27.7 Å². The third-order valence-electron chi connectivity index (χ3n) is 9.02. The van der Waals surface area contributed by atoms with E-state index in [2.05, 4.69) is 162 Å². The Kier molecular flexibility index (Phi) is 10.4. The van der Waals surface area contributed by atoms with Crippen molar-refractivity contribution in [2.45, 2.75) is 129 Å². The molecule has 2 unspecified atom stereocenters. The van der Waals surface area contributed by atoms with Crippen LogP contribution in [0, 0.1) is 0 Å². The highest BCUT2D eigenvalue weighted by Gasteiger charge is 2.59. The Morgan fingerprint density at radius 3 is 1.38 bits per heavy atom. The standard InChI is InChI=1S/C32H58O3Si4/c1-16-32(7,36(8,9)10)35-38(14,15)27(2)30(3,4)33-39(28-23-19-17-20-24-28,29-25-21-18-22-26-29)31(5,6)34-37(11,12)13/h17-27H,16H2,1-15H3. The maximum Gasteiger partial charge on any atom is 0.286 e. The number of hydrogen-bond acceptors (Lipinski definition) is 3. The molecule has 0 saturated heterocycles. The molecule has 0 aromatic heterocycles. The molecule has 0 bridgehead atoms. The zero-order valence-electron chi connectivity index (χ0n) is 27.8.